The van der Waals surface area contributed by atoms with Crippen molar-refractivity contribution in [2.45, 2.75) is 13.0 Å². The summed E-state index contributed by atoms with van der Waals surface area (Å²) in [5.41, 5.74) is 0.277. The Bertz CT molecular complexity index is 873. The molecule has 8 heteroatoms. The number of aliphatic hydroxyl groups is 1. The molecule has 0 radical (unpaired) electrons. The van der Waals surface area contributed by atoms with E-state index in [9.17, 15) is 15.0 Å². The molecule has 2 atom stereocenters. The van der Waals surface area contributed by atoms with Crippen molar-refractivity contribution >= 4 is 17.1 Å². The van der Waals surface area contributed by atoms with Gasteiger partial charge >= 0.3 is 5.97 Å². The largest absolute Gasteiger partial charge is 0.481 e. The van der Waals surface area contributed by atoms with Crippen molar-refractivity contribution in [3.63, 3.8) is 0 Å². The first kappa shape index (κ1) is 13.9. The van der Waals surface area contributed by atoms with Crippen molar-refractivity contribution in [3.05, 3.63) is 37.2 Å². The Morgan fingerprint density at radius 1 is 1.30 bits per heavy atom. The van der Waals surface area contributed by atoms with Gasteiger partial charge in [-0.25, -0.2) is 15.0 Å². The second kappa shape index (κ2) is 4.88. The average molecular weight is 313 g/mol. The van der Waals surface area contributed by atoms with E-state index in [0.717, 1.165) is 0 Å². The van der Waals surface area contributed by atoms with Crippen LogP contribution < -0.4 is 0 Å². The molecule has 3 aromatic rings. The molecule has 8 nitrogen and oxygen atoms in total. The van der Waals surface area contributed by atoms with Gasteiger partial charge in [0, 0.05) is 31.5 Å². The second-order valence-corrected chi connectivity index (χ2v) is 5.88. The lowest BCUT2D eigenvalue weighted by Crippen LogP contribution is -2.24. The number of imidazole rings is 1. The van der Waals surface area contributed by atoms with Gasteiger partial charge in [-0.1, -0.05) is 0 Å². The van der Waals surface area contributed by atoms with E-state index in [2.05, 4.69) is 15.0 Å². The van der Waals surface area contributed by atoms with Crippen molar-refractivity contribution in [2.24, 2.45) is 11.3 Å². The van der Waals surface area contributed by atoms with Crippen molar-refractivity contribution in [1.82, 2.24) is 24.1 Å². The van der Waals surface area contributed by atoms with Crippen LogP contribution in [0.2, 0.25) is 0 Å². The zero-order chi connectivity index (χ0) is 16.0. The van der Waals surface area contributed by atoms with E-state index in [1.54, 1.807) is 10.9 Å². The molecule has 0 aromatic carbocycles. The summed E-state index contributed by atoms with van der Waals surface area (Å²) in [5, 5.41) is 18.8. The number of hydrogen-bond acceptors (Lipinski definition) is 5. The molecule has 2 unspecified atom stereocenters. The number of hydrogen-bond donors (Lipinski definition) is 2. The van der Waals surface area contributed by atoms with Gasteiger partial charge in [0.15, 0.2) is 17.0 Å². The van der Waals surface area contributed by atoms with Crippen LogP contribution in [0.1, 0.15) is 6.42 Å². The molecule has 1 aliphatic rings. The Labute approximate surface area is 131 Å². The van der Waals surface area contributed by atoms with Crippen LogP contribution in [0.4, 0.5) is 0 Å². The third-order valence-electron chi connectivity index (χ3n) is 4.56. The summed E-state index contributed by atoms with van der Waals surface area (Å²) in [6, 6.07) is 3.78. The van der Waals surface area contributed by atoms with Crippen LogP contribution in [0, 0.1) is 11.3 Å². The summed E-state index contributed by atoms with van der Waals surface area (Å²) in [5.74, 6) is -0.459. The molecule has 0 amide bonds. The summed E-state index contributed by atoms with van der Waals surface area (Å²) in [7, 11) is 0. The van der Waals surface area contributed by atoms with Crippen LogP contribution >= 0.6 is 0 Å². The van der Waals surface area contributed by atoms with E-state index in [4.69, 9.17) is 0 Å². The summed E-state index contributed by atoms with van der Waals surface area (Å²) in [4.78, 5) is 24.5. The smallest absolute Gasteiger partial charge is 0.311 e. The third-order valence-corrected chi connectivity index (χ3v) is 4.56. The topological polar surface area (TPSA) is 106 Å². The molecular weight excluding hydrogens is 298 g/mol. The standard InChI is InChI=1S/C15H15N5O3/c21-6-10-5-15(10,14(22)23)7-20-9-18-11-12(16-8-17-13(11)20)19-3-1-2-4-19/h1-4,8-10,21H,5-7H2,(H,22,23). The normalized spacial score (nSPS) is 23.3. The molecular formula is C15H15N5O3. The molecule has 0 bridgehead atoms. The number of carboxylic acid groups (broad SMARTS) is 1. The summed E-state index contributed by atoms with van der Waals surface area (Å²) in [6.45, 7) is 0.120. The fourth-order valence-corrected chi connectivity index (χ4v) is 3.10. The highest BCUT2D eigenvalue weighted by Crippen LogP contribution is 2.54. The van der Waals surface area contributed by atoms with E-state index in [1.165, 1.54) is 6.33 Å². The third kappa shape index (κ3) is 2.02. The molecule has 1 aliphatic carbocycles. The number of fused-ring (bicyclic) bond motifs is 1. The maximum Gasteiger partial charge on any atom is 0.311 e. The molecule has 4 rings (SSSR count). The van der Waals surface area contributed by atoms with Gasteiger partial charge in [0.1, 0.15) is 6.33 Å². The minimum atomic E-state index is -0.930. The lowest BCUT2D eigenvalue weighted by molar-refractivity contribution is -0.144. The number of aliphatic carboxylic acids is 1. The van der Waals surface area contributed by atoms with E-state index >= 15 is 0 Å². The molecule has 0 saturated heterocycles. The minimum Gasteiger partial charge on any atom is -0.481 e. The van der Waals surface area contributed by atoms with Crippen molar-refractivity contribution in [3.8, 4) is 5.82 Å². The van der Waals surface area contributed by atoms with Crippen LogP contribution in [0.15, 0.2) is 37.2 Å². The first-order valence-corrected chi connectivity index (χ1v) is 7.29. The molecule has 2 N–H and O–H groups in total. The van der Waals surface area contributed by atoms with Crippen LogP contribution in [-0.4, -0.2) is 46.9 Å². The van der Waals surface area contributed by atoms with Gasteiger partial charge in [0.25, 0.3) is 0 Å². The predicted molar refractivity (Wildman–Crippen MR) is 79.9 cm³/mol. The van der Waals surface area contributed by atoms with Crippen LogP contribution in [-0.2, 0) is 11.3 Å². The first-order chi connectivity index (χ1) is 11.2. The summed E-state index contributed by atoms with van der Waals surface area (Å²) < 4.78 is 3.57. The van der Waals surface area contributed by atoms with Gasteiger partial charge in [-0.15, -0.1) is 0 Å². The number of rotatable bonds is 5. The number of carboxylic acids is 1. The molecule has 118 valence electrons. The quantitative estimate of drug-likeness (QED) is 0.718. The molecule has 1 saturated carbocycles. The maximum atomic E-state index is 11.6. The highest BCUT2D eigenvalue weighted by atomic mass is 16.4. The fourth-order valence-electron chi connectivity index (χ4n) is 3.10. The van der Waals surface area contributed by atoms with Crippen LogP contribution in [0.25, 0.3) is 17.0 Å². The number of aliphatic hydroxyl groups excluding tert-OH is 1. The first-order valence-electron chi connectivity index (χ1n) is 7.29. The average Bonchev–Trinajstić information content (AvgIpc) is 2.91. The highest BCUT2D eigenvalue weighted by molar-refractivity contribution is 5.80. The summed E-state index contributed by atoms with van der Waals surface area (Å²) in [6.07, 6.45) is 7.22. The van der Waals surface area contributed by atoms with Crippen molar-refractivity contribution in [1.29, 1.82) is 0 Å². The maximum absolute atomic E-state index is 11.6. The highest BCUT2D eigenvalue weighted by Gasteiger charge is 2.60. The van der Waals surface area contributed by atoms with Gasteiger partial charge in [0.05, 0.1) is 11.7 Å². The fraction of sp³-hybridized carbons (Fsp3) is 0.333. The Morgan fingerprint density at radius 3 is 2.74 bits per heavy atom. The zero-order valence-corrected chi connectivity index (χ0v) is 12.2. The number of carbonyl (C=O) groups is 1. The molecule has 3 heterocycles. The zero-order valence-electron chi connectivity index (χ0n) is 12.2. The number of nitrogens with zero attached hydrogens (tertiary/aromatic N) is 5. The lowest BCUT2D eigenvalue weighted by atomic mass is 10.0. The van der Waals surface area contributed by atoms with Gasteiger partial charge in [-0.3, -0.25) is 4.79 Å². The van der Waals surface area contributed by atoms with Gasteiger partial charge in [-0.05, 0) is 18.6 Å². The monoisotopic (exact) mass is 313 g/mol. The molecule has 0 aliphatic heterocycles. The summed E-state index contributed by atoms with van der Waals surface area (Å²) >= 11 is 0. The Balaban J connectivity index is 1.76. The van der Waals surface area contributed by atoms with Gasteiger partial charge < -0.3 is 19.3 Å². The van der Waals surface area contributed by atoms with E-state index < -0.39 is 11.4 Å². The Kier molecular flexibility index (Phi) is 2.95. The van der Waals surface area contributed by atoms with Gasteiger partial charge in [0.2, 0.25) is 0 Å². The minimum absolute atomic E-state index is 0.122. The molecule has 3 aromatic heterocycles. The van der Waals surface area contributed by atoms with Crippen molar-refractivity contribution in [2.75, 3.05) is 6.61 Å². The van der Waals surface area contributed by atoms with Gasteiger partial charge in [-0.2, -0.15) is 0 Å². The van der Waals surface area contributed by atoms with Crippen molar-refractivity contribution < 1.29 is 15.0 Å². The number of aromatic nitrogens is 5. The van der Waals surface area contributed by atoms with E-state index in [1.807, 2.05) is 29.1 Å². The SMILES string of the molecule is O=C(O)C1(Cn2cnc3c(-n4cccc4)ncnc32)CC1CO. The Hall–Kier alpha value is -2.74. The molecule has 23 heavy (non-hydrogen) atoms. The predicted octanol–water partition coefficient (Wildman–Crippen LogP) is 0.700. The molecule has 1 fully saturated rings. The van der Waals surface area contributed by atoms with E-state index in [-0.39, 0.29) is 19.1 Å². The molecule has 0 spiro atoms. The second-order valence-electron chi connectivity index (χ2n) is 5.88. The lowest BCUT2D eigenvalue weighted by Gasteiger charge is -2.13. The Morgan fingerprint density at radius 2 is 2.09 bits per heavy atom. The van der Waals surface area contributed by atoms with E-state index in [0.29, 0.717) is 23.4 Å². The van der Waals surface area contributed by atoms with Crippen LogP contribution in [0.3, 0.4) is 0 Å². The van der Waals surface area contributed by atoms with Crippen LogP contribution in [0.5, 0.6) is 0 Å².